The Morgan fingerprint density at radius 3 is 2.41 bits per heavy atom. The van der Waals surface area contributed by atoms with Gasteiger partial charge in [-0.3, -0.25) is 4.79 Å². The fourth-order valence-electron chi connectivity index (χ4n) is 3.70. The molecule has 0 aromatic heterocycles. The van der Waals surface area contributed by atoms with Gasteiger partial charge in [-0.25, -0.2) is 0 Å². The summed E-state index contributed by atoms with van der Waals surface area (Å²) < 4.78 is 11.3. The number of aryl methyl sites for hydroxylation is 1. The minimum Gasteiger partial charge on any atom is -0.461 e. The first-order chi connectivity index (χ1) is 16.1. The van der Waals surface area contributed by atoms with Crippen molar-refractivity contribution in [2.75, 3.05) is 19.8 Å². The zero-order valence-corrected chi connectivity index (χ0v) is 19.0. The lowest BCUT2D eigenvalue weighted by Crippen LogP contribution is -2.66. The molecule has 0 spiro atoms. The predicted molar refractivity (Wildman–Crippen MR) is 121 cm³/mol. The highest BCUT2D eigenvalue weighted by molar-refractivity contribution is 5.95. The van der Waals surface area contributed by atoms with Crippen LogP contribution in [-0.4, -0.2) is 92.6 Å². The minimum absolute atomic E-state index is 0.358. The molecule has 10 heteroatoms. The number of rotatable bonds is 8. The van der Waals surface area contributed by atoms with Crippen LogP contribution in [0.4, 0.5) is 0 Å². The standard InChI is InChI=1S/C24H31NO9/c1-13-8-15(14-4-3-5-16(9-14)22(31)25-17(10-26)11-27)6-7-18(13)33-23-24(2,32)21(30)20(29)19(12-28)34-23/h3-9,17,19-21,23,26-30,32H,10-12H2,1-2H3,(H,25,31)/t19-,20-,21+,23+,24+/m1/s1. The second-order valence-electron chi connectivity index (χ2n) is 8.56. The summed E-state index contributed by atoms with van der Waals surface area (Å²) >= 11 is 0. The monoisotopic (exact) mass is 477 g/mol. The Balaban J connectivity index is 1.80. The third-order valence-electron chi connectivity index (χ3n) is 5.90. The molecule has 1 aliphatic rings. The van der Waals surface area contributed by atoms with Gasteiger partial charge in [-0.15, -0.1) is 0 Å². The molecule has 3 rings (SSSR count). The number of ether oxygens (including phenoxy) is 2. The number of carbonyl (C=O) groups is 1. The molecular weight excluding hydrogens is 446 g/mol. The largest absolute Gasteiger partial charge is 0.461 e. The Hall–Kier alpha value is -2.57. The van der Waals surface area contributed by atoms with E-state index in [9.17, 15) is 25.2 Å². The summed E-state index contributed by atoms with van der Waals surface area (Å²) in [5.74, 6) is -0.0700. The summed E-state index contributed by atoms with van der Waals surface area (Å²) in [5.41, 5.74) is 0.621. The van der Waals surface area contributed by atoms with Gasteiger partial charge < -0.3 is 45.4 Å². The average Bonchev–Trinajstić information content (AvgIpc) is 2.84. The zero-order chi connectivity index (χ0) is 25.0. The number of amides is 1. The van der Waals surface area contributed by atoms with Crippen LogP contribution < -0.4 is 10.1 Å². The summed E-state index contributed by atoms with van der Waals surface area (Å²) in [7, 11) is 0. The van der Waals surface area contributed by atoms with Crippen molar-refractivity contribution >= 4 is 5.91 Å². The lowest BCUT2D eigenvalue weighted by Gasteiger charge is -2.45. The van der Waals surface area contributed by atoms with Gasteiger partial charge in [0.05, 0.1) is 25.9 Å². The summed E-state index contributed by atoms with van der Waals surface area (Å²) in [4.78, 5) is 12.4. The fourth-order valence-corrected chi connectivity index (χ4v) is 3.70. The molecule has 1 fully saturated rings. The molecule has 2 aromatic rings. The minimum atomic E-state index is -1.93. The van der Waals surface area contributed by atoms with Crippen molar-refractivity contribution in [3.05, 3.63) is 53.6 Å². The van der Waals surface area contributed by atoms with Crippen molar-refractivity contribution < 1.29 is 44.9 Å². The van der Waals surface area contributed by atoms with E-state index in [-0.39, 0.29) is 13.2 Å². The number of benzene rings is 2. The number of aliphatic hydroxyl groups is 6. The van der Waals surface area contributed by atoms with E-state index in [4.69, 9.17) is 19.7 Å². The third kappa shape index (κ3) is 5.39. The second-order valence-corrected chi connectivity index (χ2v) is 8.56. The van der Waals surface area contributed by atoms with Crippen molar-refractivity contribution in [3.63, 3.8) is 0 Å². The maximum absolute atomic E-state index is 12.4. The molecule has 1 saturated heterocycles. The first-order valence-corrected chi connectivity index (χ1v) is 10.9. The molecule has 1 heterocycles. The smallest absolute Gasteiger partial charge is 0.251 e. The summed E-state index contributed by atoms with van der Waals surface area (Å²) in [6, 6.07) is 11.3. The molecule has 10 nitrogen and oxygen atoms in total. The zero-order valence-electron chi connectivity index (χ0n) is 19.0. The van der Waals surface area contributed by atoms with Gasteiger partial charge in [0.1, 0.15) is 24.1 Å². The van der Waals surface area contributed by atoms with Crippen molar-refractivity contribution in [3.8, 4) is 16.9 Å². The normalized spacial score (nSPS) is 27.0. The van der Waals surface area contributed by atoms with Crippen molar-refractivity contribution in [2.24, 2.45) is 0 Å². The average molecular weight is 478 g/mol. The molecule has 0 saturated carbocycles. The van der Waals surface area contributed by atoms with Crippen LogP contribution in [0.5, 0.6) is 5.75 Å². The van der Waals surface area contributed by atoms with Crippen LogP contribution in [-0.2, 0) is 4.74 Å². The van der Waals surface area contributed by atoms with Crippen LogP contribution in [0.3, 0.4) is 0 Å². The van der Waals surface area contributed by atoms with Gasteiger partial charge in [0.25, 0.3) is 5.91 Å². The van der Waals surface area contributed by atoms with Crippen molar-refractivity contribution in [1.82, 2.24) is 5.32 Å². The SMILES string of the molecule is Cc1cc(-c2cccc(C(=O)NC(CO)CO)c2)ccc1O[C@H]1O[C@H](CO)[C@@H](O)[C@H](O)[C@]1(C)O. The Morgan fingerprint density at radius 2 is 1.79 bits per heavy atom. The molecule has 7 N–H and O–H groups in total. The molecule has 5 atom stereocenters. The Labute approximate surface area is 197 Å². The summed E-state index contributed by atoms with van der Waals surface area (Å²) in [6.07, 6.45) is -5.53. The molecular formula is C24H31NO9. The van der Waals surface area contributed by atoms with Crippen LogP contribution in [0, 0.1) is 6.92 Å². The topological polar surface area (TPSA) is 169 Å². The van der Waals surface area contributed by atoms with E-state index < -0.39 is 48.8 Å². The molecule has 2 aromatic carbocycles. The molecule has 186 valence electrons. The predicted octanol–water partition coefficient (Wildman–Crippen LogP) is -0.686. The van der Waals surface area contributed by atoms with Crippen molar-refractivity contribution in [2.45, 2.75) is 50.1 Å². The maximum Gasteiger partial charge on any atom is 0.251 e. The van der Waals surface area contributed by atoms with Crippen LogP contribution in [0.1, 0.15) is 22.8 Å². The highest BCUT2D eigenvalue weighted by atomic mass is 16.7. The number of aliphatic hydroxyl groups excluding tert-OH is 5. The van der Waals surface area contributed by atoms with E-state index in [2.05, 4.69) is 5.32 Å². The van der Waals surface area contributed by atoms with E-state index >= 15 is 0 Å². The molecule has 0 radical (unpaired) electrons. The van der Waals surface area contributed by atoms with Gasteiger partial charge in [-0.05, 0) is 54.8 Å². The van der Waals surface area contributed by atoms with Crippen LogP contribution in [0.15, 0.2) is 42.5 Å². The lowest BCUT2D eigenvalue weighted by molar-refractivity contribution is -0.314. The quantitative estimate of drug-likeness (QED) is 0.260. The van der Waals surface area contributed by atoms with E-state index in [1.807, 2.05) is 12.1 Å². The van der Waals surface area contributed by atoms with Crippen LogP contribution in [0.25, 0.3) is 11.1 Å². The van der Waals surface area contributed by atoms with E-state index in [1.165, 1.54) is 6.92 Å². The number of hydrogen-bond acceptors (Lipinski definition) is 9. The van der Waals surface area contributed by atoms with Gasteiger partial charge in [-0.2, -0.15) is 0 Å². The van der Waals surface area contributed by atoms with Crippen LogP contribution in [0.2, 0.25) is 0 Å². The summed E-state index contributed by atoms with van der Waals surface area (Å²) in [6.45, 7) is 1.73. The molecule has 34 heavy (non-hydrogen) atoms. The highest BCUT2D eigenvalue weighted by Gasteiger charge is 2.53. The Morgan fingerprint density at radius 1 is 1.12 bits per heavy atom. The van der Waals surface area contributed by atoms with Crippen molar-refractivity contribution in [1.29, 1.82) is 0 Å². The number of nitrogens with one attached hydrogen (secondary N) is 1. The van der Waals surface area contributed by atoms with Gasteiger partial charge in [-0.1, -0.05) is 18.2 Å². The number of hydrogen-bond donors (Lipinski definition) is 7. The first kappa shape index (κ1) is 26.0. The molecule has 1 amide bonds. The van der Waals surface area contributed by atoms with E-state index in [1.54, 1.807) is 37.3 Å². The first-order valence-electron chi connectivity index (χ1n) is 10.9. The Bertz CT molecular complexity index is 992. The van der Waals surface area contributed by atoms with Crippen LogP contribution >= 0.6 is 0 Å². The molecule has 1 aliphatic heterocycles. The molecule has 0 unspecified atom stereocenters. The van der Waals surface area contributed by atoms with Gasteiger partial charge >= 0.3 is 0 Å². The fraction of sp³-hybridized carbons (Fsp3) is 0.458. The van der Waals surface area contributed by atoms with E-state index in [0.29, 0.717) is 16.9 Å². The van der Waals surface area contributed by atoms with Gasteiger partial charge in [0, 0.05) is 5.56 Å². The number of carbonyl (C=O) groups excluding carboxylic acids is 1. The second kappa shape index (κ2) is 10.8. The highest BCUT2D eigenvalue weighted by Crippen LogP contribution is 2.34. The third-order valence-corrected chi connectivity index (χ3v) is 5.90. The summed E-state index contributed by atoms with van der Waals surface area (Å²) in [5, 5.41) is 61.2. The Kier molecular flexibility index (Phi) is 8.26. The lowest BCUT2D eigenvalue weighted by atomic mass is 9.88. The van der Waals surface area contributed by atoms with Gasteiger partial charge in [0.2, 0.25) is 6.29 Å². The maximum atomic E-state index is 12.4. The van der Waals surface area contributed by atoms with E-state index in [0.717, 1.165) is 11.1 Å². The molecule has 0 aliphatic carbocycles. The molecule has 0 bridgehead atoms. The van der Waals surface area contributed by atoms with Gasteiger partial charge in [0.15, 0.2) is 5.60 Å².